The minimum absolute atomic E-state index is 0.872. The first-order valence-electron chi connectivity index (χ1n) is 4.12. The minimum atomic E-state index is 0.872. The summed E-state index contributed by atoms with van der Waals surface area (Å²) >= 11 is 4.25. The zero-order valence-electron chi connectivity index (χ0n) is 7.73. The predicted molar refractivity (Wildman–Crippen MR) is 55.5 cm³/mol. The van der Waals surface area contributed by atoms with Gasteiger partial charge in [-0.2, -0.15) is 30.3 Å². The molecule has 1 aromatic heterocycles. The molecule has 1 aromatic carbocycles. The van der Waals surface area contributed by atoms with Gasteiger partial charge in [0.2, 0.25) is 0 Å². The number of hydrogen-bond donors (Lipinski definition) is 0. The number of hydrogen-bond acceptors (Lipinski definition) is 1. The average molecular weight is 302 g/mol. The fraction of sp³-hybridized carbons (Fsp3) is 0.100. The van der Waals surface area contributed by atoms with E-state index in [2.05, 4.69) is 30.7 Å². The van der Waals surface area contributed by atoms with Gasteiger partial charge < -0.3 is 4.57 Å². The van der Waals surface area contributed by atoms with Gasteiger partial charge in [-0.25, -0.2) is 4.98 Å². The molecule has 68 valence electrons. The first-order valence-corrected chi connectivity index (χ1v) is 11.1. The molecule has 2 nitrogen and oxygen atoms in total. The molecule has 1 heterocycles. The van der Waals surface area contributed by atoms with Crippen LogP contribution in [0, 0.1) is 6.07 Å². The van der Waals surface area contributed by atoms with Crippen molar-refractivity contribution in [2.75, 3.05) is 0 Å². The van der Waals surface area contributed by atoms with Gasteiger partial charge in [0.05, 0.1) is 6.33 Å². The summed E-state index contributed by atoms with van der Waals surface area (Å²) in [6.45, 7) is 0.872. The second-order valence-corrected chi connectivity index (χ2v) is 2.65. The molecule has 0 aliphatic rings. The molecular weight excluding hydrogens is 293 g/mol. The molecule has 0 radical (unpaired) electrons. The molecular formula is C10H9BrN2Zn. The molecule has 0 unspecified atom stereocenters. The number of benzene rings is 1. The summed E-state index contributed by atoms with van der Waals surface area (Å²) in [4.78, 5) is 3.97. The topological polar surface area (TPSA) is 17.8 Å². The summed E-state index contributed by atoms with van der Waals surface area (Å²) in [5, 5.41) is 0. The molecule has 0 saturated carbocycles. The fourth-order valence-electron chi connectivity index (χ4n) is 1.12. The van der Waals surface area contributed by atoms with Crippen molar-refractivity contribution >= 4 is 13.6 Å². The van der Waals surface area contributed by atoms with E-state index >= 15 is 0 Å². The van der Waals surface area contributed by atoms with Gasteiger partial charge in [0.1, 0.15) is 0 Å². The Balaban J connectivity index is 0.000000461. The van der Waals surface area contributed by atoms with Gasteiger partial charge in [0, 0.05) is 18.9 Å². The van der Waals surface area contributed by atoms with E-state index in [1.54, 1.807) is 6.20 Å². The molecule has 0 aliphatic heterocycles. The van der Waals surface area contributed by atoms with E-state index in [9.17, 15) is 0 Å². The normalized spacial score (nSPS) is 9.07. The Hall–Kier alpha value is -0.467. The fourth-order valence-corrected chi connectivity index (χ4v) is 1.12. The smallest absolute Gasteiger partial charge is 0.0939 e. The molecule has 0 spiro atoms. The largest absolute Gasteiger partial charge is 0.345 e. The predicted octanol–water partition coefficient (Wildman–Crippen LogP) is 2.57. The Morgan fingerprint density at radius 2 is 2.36 bits per heavy atom. The maximum Gasteiger partial charge on any atom is 0.0939 e. The molecule has 2 aromatic rings. The second-order valence-electron chi connectivity index (χ2n) is 2.65. The number of imidazole rings is 1. The minimum Gasteiger partial charge on any atom is -0.345 e. The first kappa shape index (κ1) is 11.6. The Bertz CT molecular complexity index is 334. The van der Waals surface area contributed by atoms with Crippen molar-refractivity contribution in [2.24, 2.45) is 0 Å². The third-order valence-corrected chi connectivity index (χ3v) is 1.70. The van der Waals surface area contributed by atoms with E-state index in [0.717, 1.165) is 6.54 Å². The molecule has 0 fully saturated rings. The van der Waals surface area contributed by atoms with Crippen LogP contribution in [0.3, 0.4) is 0 Å². The van der Waals surface area contributed by atoms with E-state index in [4.69, 9.17) is 0 Å². The van der Waals surface area contributed by atoms with E-state index in [1.165, 1.54) is 21.9 Å². The van der Waals surface area contributed by atoms with E-state index < -0.39 is 0 Å². The zero-order chi connectivity index (χ0) is 10.2. The molecule has 2 rings (SSSR count). The maximum absolute atomic E-state index is 3.97. The van der Waals surface area contributed by atoms with Crippen molar-refractivity contribution in [1.29, 1.82) is 0 Å². The summed E-state index contributed by atoms with van der Waals surface area (Å²) in [5.74, 6) is 0. The van der Waals surface area contributed by atoms with Gasteiger partial charge in [-0.3, -0.25) is 0 Å². The Kier molecular flexibility index (Phi) is 5.73. The molecule has 14 heavy (non-hydrogen) atoms. The van der Waals surface area contributed by atoms with Gasteiger partial charge in [-0.05, 0) is 0 Å². The third kappa shape index (κ3) is 3.73. The molecule has 4 heteroatoms. The van der Waals surface area contributed by atoms with Gasteiger partial charge in [0.15, 0.2) is 0 Å². The molecule has 0 amide bonds. The Labute approximate surface area is 100 Å². The van der Waals surface area contributed by atoms with Crippen LogP contribution in [0.25, 0.3) is 0 Å². The monoisotopic (exact) mass is 300 g/mol. The summed E-state index contributed by atoms with van der Waals surface area (Å²) in [6.07, 6.45) is 5.55. The van der Waals surface area contributed by atoms with Gasteiger partial charge >= 0.3 is 30.0 Å². The van der Waals surface area contributed by atoms with E-state index in [-0.39, 0.29) is 0 Å². The Morgan fingerprint density at radius 3 is 2.93 bits per heavy atom. The first-order chi connectivity index (χ1) is 6.95. The van der Waals surface area contributed by atoms with Gasteiger partial charge in [0.25, 0.3) is 0 Å². The van der Waals surface area contributed by atoms with Crippen LogP contribution < -0.4 is 0 Å². The number of nitrogens with zero attached hydrogens (tertiary/aromatic N) is 2. The van der Waals surface area contributed by atoms with Crippen molar-refractivity contribution in [3.05, 3.63) is 54.6 Å². The molecule has 0 saturated heterocycles. The van der Waals surface area contributed by atoms with Crippen molar-refractivity contribution in [3.63, 3.8) is 0 Å². The van der Waals surface area contributed by atoms with Crippen LogP contribution >= 0.6 is 13.6 Å². The quantitative estimate of drug-likeness (QED) is 0.616. The summed E-state index contributed by atoms with van der Waals surface area (Å²) < 4.78 is 2.03. The van der Waals surface area contributed by atoms with E-state index in [1.807, 2.05) is 35.3 Å². The molecule has 0 atom stereocenters. The molecule has 0 N–H and O–H groups in total. The molecule has 0 aliphatic carbocycles. The zero-order valence-corrected chi connectivity index (χ0v) is 12.3. The van der Waals surface area contributed by atoms with Gasteiger partial charge in [-0.15, -0.1) is 5.56 Å². The standard InChI is InChI=1S/C10H9N2.BrH.Zn/c1-2-4-10(5-3-1)8-12-7-6-11-9-12;;/h1-2,4-7,9H,8H2;1H;/q-1;;+2/p-1. The summed E-state index contributed by atoms with van der Waals surface area (Å²) in [5.41, 5.74) is 1.25. The van der Waals surface area contributed by atoms with Crippen LogP contribution in [0.15, 0.2) is 43.0 Å². The van der Waals surface area contributed by atoms with Crippen molar-refractivity contribution in [2.45, 2.75) is 6.54 Å². The van der Waals surface area contributed by atoms with E-state index in [0.29, 0.717) is 0 Å². The molecule has 0 bridgehead atoms. The van der Waals surface area contributed by atoms with Crippen LogP contribution in [-0.2, 0) is 22.9 Å². The average Bonchev–Trinajstić information content (AvgIpc) is 2.75. The van der Waals surface area contributed by atoms with Crippen molar-refractivity contribution in [1.82, 2.24) is 9.55 Å². The third-order valence-electron chi connectivity index (χ3n) is 1.70. The number of halogens is 1. The van der Waals surface area contributed by atoms with Crippen LogP contribution in [0.2, 0.25) is 0 Å². The number of aromatic nitrogens is 2. The van der Waals surface area contributed by atoms with Crippen LogP contribution in [0.5, 0.6) is 0 Å². The SMILES string of the molecule is [Zn+][Br].[c-]1cccc(Cn2ccnc2)c1. The van der Waals surface area contributed by atoms with Crippen molar-refractivity contribution in [3.8, 4) is 0 Å². The number of rotatable bonds is 2. The van der Waals surface area contributed by atoms with Crippen LogP contribution in [0.4, 0.5) is 0 Å². The van der Waals surface area contributed by atoms with Crippen molar-refractivity contribution < 1.29 is 16.3 Å². The Morgan fingerprint density at radius 1 is 1.50 bits per heavy atom. The second kappa shape index (κ2) is 6.91. The summed E-state index contributed by atoms with van der Waals surface area (Å²) in [7, 11) is 0. The van der Waals surface area contributed by atoms with Crippen LogP contribution in [0.1, 0.15) is 5.56 Å². The van der Waals surface area contributed by atoms with Crippen LogP contribution in [-0.4, -0.2) is 9.55 Å². The van der Waals surface area contributed by atoms with Gasteiger partial charge in [-0.1, -0.05) is 0 Å². The summed E-state index contributed by atoms with van der Waals surface area (Å²) in [6, 6.07) is 11.0. The maximum atomic E-state index is 3.97.